The first kappa shape index (κ1) is 33.5. The van der Waals surface area contributed by atoms with Gasteiger partial charge in [-0.3, -0.25) is 29.4 Å². The molecule has 5 unspecified atom stereocenters. The standard InChI is InChI=1S/C38H46Cl2N8O3/c1-38(13-3-6-27(51-38)19-33(50)46-36-41-28-9-11-30(39)43-34(28)47(36)25-4-2-5-25)20-22-16-26(17-22)48-35-29(10-12-31(40)44-35)42-37(48)45-32(49)18-24-15-21-7-8-23(24)14-21/h9-12,21-27H,2-8,13-20H2,1H3,(H,41,46,50)(H,42,45,49). The first-order chi connectivity index (χ1) is 24.7. The van der Waals surface area contributed by atoms with Gasteiger partial charge in [-0.05, 0) is 132 Å². The van der Waals surface area contributed by atoms with Crippen LogP contribution in [0.25, 0.3) is 22.3 Å². The second kappa shape index (κ2) is 13.3. The summed E-state index contributed by atoms with van der Waals surface area (Å²) in [5, 5.41) is 7.10. The third-order valence-electron chi connectivity index (χ3n) is 12.7. The number of amides is 2. The highest BCUT2D eigenvalue weighted by atomic mass is 35.5. The monoisotopic (exact) mass is 732 g/mol. The van der Waals surface area contributed by atoms with Gasteiger partial charge in [0.2, 0.25) is 23.7 Å². The first-order valence-corrected chi connectivity index (χ1v) is 19.8. The number of rotatable bonds is 10. The lowest BCUT2D eigenvalue weighted by Crippen LogP contribution is -2.43. The number of anilines is 2. The summed E-state index contributed by atoms with van der Waals surface area (Å²) in [5.41, 5.74) is 2.60. The van der Waals surface area contributed by atoms with Gasteiger partial charge in [-0.1, -0.05) is 29.6 Å². The molecule has 4 saturated carbocycles. The molecule has 270 valence electrons. The van der Waals surface area contributed by atoms with Crippen LogP contribution in [0.1, 0.15) is 115 Å². The number of carbonyl (C=O) groups is 2. The second-order valence-electron chi connectivity index (χ2n) is 16.4. The summed E-state index contributed by atoms with van der Waals surface area (Å²) in [6.07, 6.45) is 14.6. The molecule has 0 radical (unpaired) electrons. The highest BCUT2D eigenvalue weighted by Gasteiger charge is 2.43. The van der Waals surface area contributed by atoms with Gasteiger partial charge in [0, 0.05) is 18.5 Å². The minimum Gasteiger partial charge on any atom is -0.372 e. The van der Waals surface area contributed by atoms with E-state index in [-0.39, 0.29) is 42.0 Å². The molecule has 4 aromatic heterocycles. The number of imidazole rings is 2. The predicted molar refractivity (Wildman–Crippen MR) is 197 cm³/mol. The Morgan fingerprint density at radius 3 is 2.02 bits per heavy atom. The minimum atomic E-state index is -0.311. The van der Waals surface area contributed by atoms with Crippen LogP contribution in [0.5, 0.6) is 0 Å². The van der Waals surface area contributed by atoms with Gasteiger partial charge in [0.05, 0.1) is 18.1 Å². The Kier molecular flexibility index (Phi) is 8.74. The van der Waals surface area contributed by atoms with Crippen molar-refractivity contribution in [2.45, 2.75) is 127 Å². The summed E-state index contributed by atoms with van der Waals surface area (Å²) >= 11 is 12.6. The number of hydrogen-bond acceptors (Lipinski definition) is 7. The van der Waals surface area contributed by atoms with E-state index in [2.05, 4.69) is 32.1 Å². The molecule has 13 heteroatoms. The molecule has 1 aliphatic heterocycles. The van der Waals surface area contributed by atoms with Crippen molar-refractivity contribution < 1.29 is 14.3 Å². The van der Waals surface area contributed by atoms with E-state index in [0.29, 0.717) is 46.4 Å². The highest BCUT2D eigenvalue weighted by Crippen LogP contribution is 2.50. The smallest absolute Gasteiger partial charge is 0.229 e. The van der Waals surface area contributed by atoms with Crippen molar-refractivity contribution in [1.82, 2.24) is 29.1 Å². The molecule has 4 aromatic rings. The van der Waals surface area contributed by atoms with E-state index in [1.54, 1.807) is 12.1 Å². The molecule has 0 spiro atoms. The molecule has 2 N–H and O–H groups in total. The third-order valence-corrected chi connectivity index (χ3v) is 13.1. The van der Waals surface area contributed by atoms with Gasteiger partial charge >= 0.3 is 0 Å². The van der Waals surface area contributed by atoms with E-state index < -0.39 is 0 Å². The summed E-state index contributed by atoms with van der Waals surface area (Å²) in [5.74, 6) is 3.51. The summed E-state index contributed by atoms with van der Waals surface area (Å²) < 4.78 is 10.9. The summed E-state index contributed by atoms with van der Waals surface area (Å²) in [6, 6.07) is 7.65. The van der Waals surface area contributed by atoms with Gasteiger partial charge in [0.25, 0.3) is 0 Å². The first-order valence-electron chi connectivity index (χ1n) is 19.0. The number of nitrogens with zero attached hydrogens (tertiary/aromatic N) is 6. The van der Waals surface area contributed by atoms with Crippen LogP contribution < -0.4 is 10.6 Å². The number of halogens is 2. The molecule has 11 nitrogen and oxygen atoms in total. The molecule has 5 fully saturated rings. The fraction of sp³-hybridized carbons (Fsp3) is 0.632. The Balaban J connectivity index is 0.832. The summed E-state index contributed by atoms with van der Waals surface area (Å²) in [7, 11) is 0. The van der Waals surface area contributed by atoms with Crippen molar-refractivity contribution >= 4 is 69.2 Å². The van der Waals surface area contributed by atoms with Crippen molar-refractivity contribution in [3.8, 4) is 0 Å². The zero-order chi connectivity index (χ0) is 34.9. The maximum Gasteiger partial charge on any atom is 0.229 e. The molecule has 4 aliphatic carbocycles. The molecule has 51 heavy (non-hydrogen) atoms. The Morgan fingerprint density at radius 2 is 1.43 bits per heavy atom. The highest BCUT2D eigenvalue weighted by molar-refractivity contribution is 6.30. The Hall–Kier alpha value is -3.28. The Labute approximate surface area is 307 Å². The third kappa shape index (κ3) is 6.63. The van der Waals surface area contributed by atoms with Gasteiger partial charge in [-0.2, -0.15) is 0 Å². The average Bonchev–Trinajstić information content (AvgIpc) is 3.81. The molecule has 1 saturated heterocycles. The molecule has 2 bridgehead atoms. The van der Waals surface area contributed by atoms with Crippen LogP contribution in [-0.4, -0.2) is 52.6 Å². The number of ether oxygens (including phenoxy) is 1. The zero-order valence-corrected chi connectivity index (χ0v) is 30.6. The average molecular weight is 734 g/mol. The van der Waals surface area contributed by atoms with Gasteiger partial charge in [-0.25, -0.2) is 19.9 Å². The molecule has 0 aromatic carbocycles. The van der Waals surface area contributed by atoms with Crippen molar-refractivity contribution in [3.63, 3.8) is 0 Å². The van der Waals surface area contributed by atoms with Crippen LogP contribution >= 0.6 is 23.2 Å². The predicted octanol–water partition coefficient (Wildman–Crippen LogP) is 8.67. The maximum absolute atomic E-state index is 13.4. The summed E-state index contributed by atoms with van der Waals surface area (Å²) in [4.78, 5) is 45.4. The quantitative estimate of drug-likeness (QED) is 0.156. The van der Waals surface area contributed by atoms with E-state index in [9.17, 15) is 9.59 Å². The van der Waals surface area contributed by atoms with Crippen LogP contribution in [0, 0.1) is 23.7 Å². The zero-order valence-electron chi connectivity index (χ0n) is 29.1. The Morgan fingerprint density at radius 1 is 0.784 bits per heavy atom. The number of pyridine rings is 2. The van der Waals surface area contributed by atoms with Gasteiger partial charge in [0.1, 0.15) is 21.3 Å². The van der Waals surface area contributed by atoms with Crippen molar-refractivity contribution in [1.29, 1.82) is 0 Å². The molecule has 5 atom stereocenters. The molecule has 9 rings (SSSR count). The fourth-order valence-electron chi connectivity index (χ4n) is 10.0. The van der Waals surface area contributed by atoms with Crippen molar-refractivity contribution in [3.05, 3.63) is 34.6 Å². The number of hydrogen-bond donors (Lipinski definition) is 2. The molecule has 5 aliphatic rings. The van der Waals surface area contributed by atoms with Crippen LogP contribution in [-0.2, 0) is 14.3 Å². The SMILES string of the molecule is CC1(CC2CC(n3c(NC(=O)CC4CC5CCC4C5)nc4ccc(Cl)nc43)C2)CCCC(CC(=O)Nc2nc3ccc(Cl)nc3n2C2CCC2)O1. The summed E-state index contributed by atoms with van der Waals surface area (Å²) in [6.45, 7) is 2.20. The topological polar surface area (TPSA) is 129 Å². The number of fused-ring (bicyclic) bond motifs is 4. The van der Waals surface area contributed by atoms with E-state index in [1.807, 2.05) is 16.7 Å². The van der Waals surface area contributed by atoms with Crippen LogP contribution in [0.2, 0.25) is 10.3 Å². The fourth-order valence-corrected chi connectivity index (χ4v) is 10.3. The molecule has 5 heterocycles. The second-order valence-corrected chi connectivity index (χ2v) is 17.1. The van der Waals surface area contributed by atoms with Crippen LogP contribution in [0.15, 0.2) is 24.3 Å². The molecule has 2 amide bonds. The lowest BCUT2D eigenvalue weighted by molar-refractivity contribution is -0.144. The number of nitrogens with one attached hydrogen (secondary N) is 2. The number of aromatic nitrogens is 6. The normalized spacial score (nSPS) is 30.4. The lowest BCUT2D eigenvalue weighted by Gasteiger charge is -2.45. The van der Waals surface area contributed by atoms with Crippen LogP contribution in [0.3, 0.4) is 0 Å². The Bertz CT molecular complexity index is 1990. The van der Waals surface area contributed by atoms with Gasteiger partial charge < -0.3 is 4.74 Å². The van der Waals surface area contributed by atoms with Crippen LogP contribution in [0.4, 0.5) is 11.9 Å². The van der Waals surface area contributed by atoms with Crippen molar-refractivity contribution in [2.75, 3.05) is 10.6 Å². The molecular formula is C38H46Cl2N8O3. The van der Waals surface area contributed by atoms with Gasteiger partial charge in [0.15, 0.2) is 11.3 Å². The molecular weight excluding hydrogens is 687 g/mol. The van der Waals surface area contributed by atoms with E-state index in [1.165, 1.54) is 25.7 Å². The van der Waals surface area contributed by atoms with Gasteiger partial charge in [-0.15, -0.1) is 0 Å². The lowest BCUT2D eigenvalue weighted by atomic mass is 9.72. The maximum atomic E-state index is 13.4. The minimum absolute atomic E-state index is 0.0469. The largest absolute Gasteiger partial charge is 0.372 e. The number of carbonyl (C=O) groups excluding carboxylic acids is 2. The van der Waals surface area contributed by atoms with E-state index in [4.69, 9.17) is 37.9 Å². The van der Waals surface area contributed by atoms with E-state index in [0.717, 1.165) is 86.0 Å². The van der Waals surface area contributed by atoms with Crippen molar-refractivity contribution in [2.24, 2.45) is 23.7 Å². The van der Waals surface area contributed by atoms with E-state index >= 15 is 0 Å².